The predicted octanol–water partition coefficient (Wildman–Crippen LogP) is 2.48. The molecule has 19 heavy (non-hydrogen) atoms. The smallest absolute Gasteiger partial charge is 0.119 e. The van der Waals surface area contributed by atoms with Gasteiger partial charge in [0, 0.05) is 24.7 Å². The fourth-order valence-corrected chi connectivity index (χ4v) is 2.31. The fourth-order valence-electron chi connectivity index (χ4n) is 2.31. The topological polar surface area (TPSA) is 55.7 Å². The van der Waals surface area contributed by atoms with Crippen LogP contribution >= 0.6 is 0 Å². The Labute approximate surface area is 116 Å². The second-order valence-corrected chi connectivity index (χ2v) is 5.06. The van der Waals surface area contributed by atoms with E-state index in [2.05, 4.69) is 31.0 Å². The summed E-state index contributed by atoms with van der Waals surface area (Å²) in [6.07, 6.45) is 0. The Morgan fingerprint density at radius 2 is 1.58 bits per heavy atom. The Morgan fingerprint density at radius 3 is 2.05 bits per heavy atom. The first-order chi connectivity index (χ1) is 8.96. The van der Waals surface area contributed by atoms with E-state index in [0.29, 0.717) is 6.04 Å². The van der Waals surface area contributed by atoms with Gasteiger partial charge in [-0.1, -0.05) is 13.8 Å². The molecule has 0 bridgehead atoms. The first kappa shape index (κ1) is 15.8. The average molecular weight is 266 g/mol. The van der Waals surface area contributed by atoms with Gasteiger partial charge >= 0.3 is 0 Å². The van der Waals surface area contributed by atoms with Crippen molar-refractivity contribution in [1.29, 1.82) is 0 Å². The van der Waals surface area contributed by atoms with E-state index in [4.69, 9.17) is 0 Å². The summed E-state index contributed by atoms with van der Waals surface area (Å²) in [5.41, 5.74) is 0.892. The Morgan fingerprint density at radius 1 is 1.05 bits per heavy atom. The fraction of sp³-hybridized carbons (Fsp3) is 0.600. The van der Waals surface area contributed by atoms with Crippen molar-refractivity contribution in [2.45, 2.75) is 39.8 Å². The van der Waals surface area contributed by atoms with Crippen LogP contribution in [0.5, 0.6) is 11.5 Å². The third-order valence-electron chi connectivity index (χ3n) is 3.39. The minimum Gasteiger partial charge on any atom is -0.508 e. The summed E-state index contributed by atoms with van der Waals surface area (Å²) in [7, 11) is 0. The van der Waals surface area contributed by atoms with Crippen LogP contribution in [0.15, 0.2) is 18.2 Å². The SMILES string of the molecule is CCN(CC)CC(C)NC(C)c1cc(O)cc(O)c1. The van der Waals surface area contributed by atoms with Gasteiger partial charge in [0.25, 0.3) is 0 Å². The Hall–Kier alpha value is -1.26. The van der Waals surface area contributed by atoms with Crippen LogP contribution in [0, 0.1) is 0 Å². The molecule has 2 unspecified atom stereocenters. The molecule has 0 aliphatic heterocycles. The maximum Gasteiger partial charge on any atom is 0.119 e. The van der Waals surface area contributed by atoms with Gasteiger partial charge in [0.2, 0.25) is 0 Å². The highest BCUT2D eigenvalue weighted by Gasteiger charge is 2.13. The molecule has 0 amide bonds. The molecule has 108 valence electrons. The van der Waals surface area contributed by atoms with Crippen LogP contribution in [0.4, 0.5) is 0 Å². The summed E-state index contributed by atoms with van der Waals surface area (Å²) in [4.78, 5) is 2.37. The summed E-state index contributed by atoms with van der Waals surface area (Å²) in [6.45, 7) is 11.6. The van der Waals surface area contributed by atoms with E-state index in [0.717, 1.165) is 25.2 Å². The van der Waals surface area contributed by atoms with Crippen molar-refractivity contribution in [3.05, 3.63) is 23.8 Å². The zero-order valence-electron chi connectivity index (χ0n) is 12.3. The van der Waals surface area contributed by atoms with E-state index in [-0.39, 0.29) is 17.5 Å². The number of nitrogens with one attached hydrogen (secondary N) is 1. The molecule has 1 aromatic rings. The number of benzene rings is 1. The third-order valence-corrected chi connectivity index (χ3v) is 3.39. The van der Waals surface area contributed by atoms with Crippen molar-refractivity contribution in [2.75, 3.05) is 19.6 Å². The highest BCUT2D eigenvalue weighted by Crippen LogP contribution is 2.24. The molecule has 0 heterocycles. The molecule has 1 rings (SSSR count). The maximum absolute atomic E-state index is 9.50. The van der Waals surface area contributed by atoms with Crippen LogP contribution < -0.4 is 5.32 Å². The molecule has 3 N–H and O–H groups in total. The van der Waals surface area contributed by atoms with Gasteiger partial charge in [-0.05, 0) is 44.6 Å². The lowest BCUT2D eigenvalue weighted by Gasteiger charge is -2.26. The van der Waals surface area contributed by atoms with Crippen LogP contribution in [0.3, 0.4) is 0 Å². The summed E-state index contributed by atoms with van der Waals surface area (Å²) in [6, 6.07) is 5.14. The number of aromatic hydroxyl groups is 2. The monoisotopic (exact) mass is 266 g/mol. The summed E-state index contributed by atoms with van der Waals surface area (Å²) >= 11 is 0. The molecule has 0 saturated heterocycles. The van der Waals surface area contributed by atoms with Crippen LogP contribution in [0.2, 0.25) is 0 Å². The van der Waals surface area contributed by atoms with Crippen molar-refractivity contribution in [3.8, 4) is 11.5 Å². The number of likely N-dealkylation sites (N-methyl/N-ethyl adjacent to an activating group) is 1. The summed E-state index contributed by atoms with van der Waals surface area (Å²) in [5.74, 6) is 0.195. The minimum atomic E-state index is 0.0866. The Kier molecular flexibility index (Phi) is 6.12. The number of nitrogens with zero attached hydrogens (tertiary/aromatic N) is 1. The molecule has 2 atom stereocenters. The Bertz CT molecular complexity index is 371. The second kappa shape index (κ2) is 7.36. The third kappa shape index (κ3) is 5.09. The molecule has 4 heteroatoms. The molecule has 4 nitrogen and oxygen atoms in total. The van der Waals surface area contributed by atoms with E-state index in [1.807, 2.05) is 6.92 Å². The van der Waals surface area contributed by atoms with Crippen molar-refractivity contribution in [3.63, 3.8) is 0 Å². The largest absolute Gasteiger partial charge is 0.508 e. The molecule has 0 fully saturated rings. The molecule has 0 saturated carbocycles. The van der Waals surface area contributed by atoms with E-state index >= 15 is 0 Å². The zero-order valence-corrected chi connectivity index (χ0v) is 12.3. The highest BCUT2D eigenvalue weighted by atomic mass is 16.3. The lowest BCUT2D eigenvalue weighted by atomic mass is 10.1. The van der Waals surface area contributed by atoms with Crippen LogP contribution in [0.25, 0.3) is 0 Å². The van der Waals surface area contributed by atoms with E-state index in [1.165, 1.54) is 6.07 Å². The molecular weight excluding hydrogens is 240 g/mol. The van der Waals surface area contributed by atoms with Gasteiger partial charge in [-0.15, -0.1) is 0 Å². The first-order valence-corrected chi connectivity index (χ1v) is 6.97. The average Bonchev–Trinajstić information content (AvgIpc) is 2.34. The normalized spacial score (nSPS) is 14.6. The minimum absolute atomic E-state index is 0.0866. The van der Waals surface area contributed by atoms with E-state index < -0.39 is 0 Å². The standard InChI is InChI=1S/C15H26N2O2/c1-5-17(6-2)10-11(3)16-12(4)13-7-14(18)9-15(19)8-13/h7-9,11-12,16,18-19H,5-6,10H2,1-4H3. The van der Waals surface area contributed by atoms with E-state index in [9.17, 15) is 10.2 Å². The molecule has 0 aliphatic carbocycles. The molecular formula is C15H26N2O2. The van der Waals surface area contributed by atoms with Crippen molar-refractivity contribution < 1.29 is 10.2 Å². The molecule has 0 aliphatic rings. The van der Waals surface area contributed by atoms with Gasteiger partial charge in [-0.3, -0.25) is 0 Å². The number of hydrogen-bond acceptors (Lipinski definition) is 4. The zero-order chi connectivity index (χ0) is 14.4. The first-order valence-electron chi connectivity index (χ1n) is 6.97. The maximum atomic E-state index is 9.50. The molecule has 0 radical (unpaired) electrons. The van der Waals surface area contributed by atoms with Crippen molar-refractivity contribution in [2.24, 2.45) is 0 Å². The second-order valence-electron chi connectivity index (χ2n) is 5.06. The summed E-state index contributed by atoms with van der Waals surface area (Å²) < 4.78 is 0. The van der Waals surface area contributed by atoms with Gasteiger partial charge < -0.3 is 20.4 Å². The predicted molar refractivity (Wildman–Crippen MR) is 78.6 cm³/mol. The van der Waals surface area contributed by atoms with Gasteiger partial charge in [0.15, 0.2) is 0 Å². The number of rotatable bonds is 7. The lowest BCUT2D eigenvalue weighted by Crippen LogP contribution is -2.40. The van der Waals surface area contributed by atoms with Gasteiger partial charge in [0.05, 0.1) is 0 Å². The van der Waals surface area contributed by atoms with Gasteiger partial charge in [0.1, 0.15) is 11.5 Å². The number of phenols is 2. The number of hydrogen-bond donors (Lipinski definition) is 3. The van der Waals surface area contributed by atoms with Gasteiger partial charge in [-0.25, -0.2) is 0 Å². The number of phenolic OH excluding ortho intramolecular Hbond substituents is 2. The molecule has 0 aromatic heterocycles. The molecule has 1 aromatic carbocycles. The summed E-state index contributed by atoms with van der Waals surface area (Å²) in [5, 5.41) is 22.5. The van der Waals surface area contributed by atoms with Gasteiger partial charge in [-0.2, -0.15) is 0 Å². The van der Waals surface area contributed by atoms with Crippen molar-refractivity contribution in [1.82, 2.24) is 10.2 Å². The Balaban J connectivity index is 2.60. The highest BCUT2D eigenvalue weighted by molar-refractivity contribution is 5.37. The molecule has 0 spiro atoms. The van der Waals surface area contributed by atoms with Crippen LogP contribution in [-0.2, 0) is 0 Å². The quantitative estimate of drug-likeness (QED) is 0.709. The van der Waals surface area contributed by atoms with Crippen LogP contribution in [-0.4, -0.2) is 40.8 Å². The van der Waals surface area contributed by atoms with Crippen molar-refractivity contribution >= 4 is 0 Å². The van der Waals surface area contributed by atoms with E-state index in [1.54, 1.807) is 12.1 Å². The van der Waals surface area contributed by atoms with Crippen LogP contribution in [0.1, 0.15) is 39.3 Å². The lowest BCUT2D eigenvalue weighted by molar-refractivity contribution is 0.263.